The molecule has 102 valence electrons. The topological polar surface area (TPSA) is 47.9 Å². The standard InChI is InChI=1S/C14H20O4.H2/c1-3-9(2)6-10-4-5-12-14(18-10)7-11(17-12)13(15)16-8-14;/h10-13,15H,1,4-8H2,2H3;1H/t10-,11?,12?,13?,14-;/m1./s1. The average molecular weight is 254 g/mol. The van der Waals surface area contributed by atoms with Gasteiger partial charge >= 0.3 is 0 Å². The van der Waals surface area contributed by atoms with Crippen molar-refractivity contribution in [2.45, 2.75) is 62.8 Å². The Labute approximate surface area is 109 Å². The van der Waals surface area contributed by atoms with Gasteiger partial charge in [0.2, 0.25) is 0 Å². The molecule has 3 heterocycles. The quantitative estimate of drug-likeness (QED) is 0.763. The molecule has 0 amide bonds. The highest BCUT2D eigenvalue weighted by Gasteiger charge is 2.58. The molecule has 5 atom stereocenters. The summed E-state index contributed by atoms with van der Waals surface area (Å²) in [6, 6.07) is 0. The fourth-order valence-corrected chi connectivity index (χ4v) is 3.28. The highest BCUT2D eigenvalue weighted by atomic mass is 16.7. The van der Waals surface area contributed by atoms with Gasteiger partial charge in [-0.3, -0.25) is 0 Å². The summed E-state index contributed by atoms with van der Waals surface area (Å²) in [4.78, 5) is 0. The van der Waals surface area contributed by atoms with Crippen molar-refractivity contribution in [1.29, 1.82) is 0 Å². The molecule has 1 N–H and O–H groups in total. The molecule has 0 saturated carbocycles. The smallest absolute Gasteiger partial charge is 0.181 e. The maximum absolute atomic E-state index is 9.66. The summed E-state index contributed by atoms with van der Waals surface area (Å²) in [5.74, 6) is 0. The maximum atomic E-state index is 9.66. The Bertz CT molecular complexity index is 393. The first-order chi connectivity index (χ1) is 8.63. The van der Waals surface area contributed by atoms with Crippen LogP contribution in [0.1, 0.15) is 34.0 Å². The highest BCUT2D eigenvalue weighted by Crippen LogP contribution is 2.46. The zero-order valence-corrected chi connectivity index (χ0v) is 10.7. The average Bonchev–Trinajstić information content (AvgIpc) is 2.68. The minimum Gasteiger partial charge on any atom is -0.366 e. The Morgan fingerprint density at radius 1 is 1.56 bits per heavy atom. The second kappa shape index (κ2) is 4.48. The van der Waals surface area contributed by atoms with Gasteiger partial charge in [-0.1, -0.05) is 6.58 Å². The van der Waals surface area contributed by atoms with Crippen LogP contribution in [0.4, 0.5) is 0 Å². The van der Waals surface area contributed by atoms with Crippen molar-refractivity contribution in [2.24, 2.45) is 0 Å². The molecular weight excluding hydrogens is 232 g/mol. The number of aliphatic hydroxyl groups is 1. The van der Waals surface area contributed by atoms with Gasteiger partial charge in [0.15, 0.2) is 6.29 Å². The predicted molar refractivity (Wildman–Crippen MR) is 67.1 cm³/mol. The lowest BCUT2D eigenvalue weighted by atomic mass is 9.85. The van der Waals surface area contributed by atoms with Gasteiger partial charge in [-0.15, -0.1) is 5.73 Å². The summed E-state index contributed by atoms with van der Waals surface area (Å²) in [6.07, 6.45) is 2.81. The summed E-state index contributed by atoms with van der Waals surface area (Å²) < 4.78 is 17.5. The molecule has 3 fully saturated rings. The predicted octanol–water partition coefficient (Wildman–Crippen LogP) is 1.78. The first-order valence-corrected chi connectivity index (χ1v) is 6.61. The largest absolute Gasteiger partial charge is 0.366 e. The maximum Gasteiger partial charge on any atom is 0.181 e. The van der Waals surface area contributed by atoms with E-state index in [4.69, 9.17) is 14.2 Å². The Balaban J connectivity index is 0.00000133. The molecule has 3 aliphatic rings. The number of fused-ring (bicyclic) bond motifs is 1. The molecule has 3 aliphatic heterocycles. The van der Waals surface area contributed by atoms with Crippen LogP contribution in [-0.2, 0) is 14.2 Å². The number of rotatable bonds is 2. The van der Waals surface area contributed by atoms with E-state index in [2.05, 4.69) is 12.3 Å². The molecular formula is C14H22O4. The molecule has 0 aliphatic carbocycles. The van der Waals surface area contributed by atoms with Crippen molar-refractivity contribution in [3.05, 3.63) is 17.9 Å². The number of hydrogen-bond acceptors (Lipinski definition) is 4. The Morgan fingerprint density at radius 2 is 2.39 bits per heavy atom. The number of ether oxygens (including phenoxy) is 3. The van der Waals surface area contributed by atoms with E-state index in [0.717, 1.165) is 31.3 Å². The summed E-state index contributed by atoms with van der Waals surface area (Å²) in [6.45, 7) is 6.12. The summed E-state index contributed by atoms with van der Waals surface area (Å²) in [5, 5.41) is 9.66. The van der Waals surface area contributed by atoms with Crippen LogP contribution < -0.4 is 0 Å². The van der Waals surface area contributed by atoms with Gasteiger partial charge in [0, 0.05) is 14.3 Å². The van der Waals surface area contributed by atoms with Crippen LogP contribution in [0.3, 0.4) is 0 Å². The normalized spacial score (nSPS) is 46.3. The van der Waals surface area contributed by atoms with Crippen molar-refractivity contribution >= 4 is 0 Å². The fraction of sp³-hybridized carbons (Fsp3) is 0.786. The van der Waals surface area contributed by atoms with Gasteiger partial charge in [0.05, 0.1) is 18.8 Å². The second-order valence-corrected chi connectivity index (χ2v) is 5.61. The van der Waals surface area contributed by atoms with E-state index in [1.807, 2.05) is 6.92 Å². The van der Waals surface area contributed by atoms with Gasteiger partial charge in [0.25, 0.3) is 0 Å². The third kappa shape index (κ3) is 1.94. The number of aliphatic hydroxyl groups excluding tert-OH is 1. The van der Waals surface area contributed by atoms with E-state index in [1.165, 1.54) is 0 Å². The highest BCUT2D eigenvalue weighted by molar-refractivity contribution is 5.06. The molecule has 4 heteroatoms. The van der Waals surface area contributed by atoms with Crippen LogP contribution in [0.25, 0.3) is 0 Å². The van der Waals surface area contributed by atoms with Crippen molar-refractivity contribution < 1.29 is 20.7 Å². The van der Waals surface area contributed by atoms with Crippen LogP contribution in [0, 0.1) is 0 Å². The molecule has 0 radical (unpaired) electrons. The van der Waals surface area contributed by atoms with Gasteiger partial charge in [-0.25, -0.2) is 0 Å². The van der Waals surface area contributed by atoms with E-state index in [-0.39, 0.29) is 25.3 Å². The molecule has 3 rings (SSSR count). The first-order valence-electron chi connectivity index (χ1n) is 6.61. The molecule has 18 heavy (non-hydrogen) atoms. The van der Waals surface area contributed by atoms with Crippen LogP contribution in [0.15, 0.2) is 17.9 Å². The van der Waals surface area contributed by atoms with E-state index >= 15 is 0 Å². The Hall–Kier alpha value is -0.640. The van der Waals surface area contributed by atoms with Crippen molar-refractivity contribution in [2.75, 3.05) is 6.61 Å². The van der Waals surface area contributed by atoms with E-state index in [9.17, 15) is 5.11 Å². The SMILES string of the molecule is C=C=C(C)C[C@H]1CCC2OC3C[C@]2(COC3O)O1.[HH]. The minimum absolute atomic E-state index is 0. The molecule has 0 aromatic carbocycles. The summed E-state index contributed by atoms with van der Waals surface area (Å²) >= 11 is 0. The summed E-state index contributed by atoms with van der Waals surface area (Å²) in [7, 11) is 0. The Morgan fingerprint density at radius 3 is 3.17 bits per heavy atom. The van der Waals surface area contributed by atoms with Gasteiger partial charge in [-0.05, 0) is 25.3 Å². The van der Waals surface area contributed by atoms with Gasteiger partial charge < -0.3 is 19.3 Å². The fourth-order valence-electron chi connectivity index (χ4n) is 3.28. The van der Waals surface area contributed by atoms with E-state index in [1.54, 1.807) is 0 Å². The van der Waals surface area contributed by atoms with Crippen LogP contribution in [0.2, 0.25) is 0 Å². The third-order valence-corrected chi connectivity index (χ3v) is 4.28. The monoisotopic (exact) mass is 254 g/mol. The lowest BCUT2D eigenvalue weighted by Crippen LogP contribution is -2.53. The molecule has 4 nitrogen and oxygen atoms in total. The molecule has 1 spiro atoms. The minimum atomic E-state index is -0.793. The van der Waals surface area contributed by atoms with Crippen LogP contribution >= 0.6 is 0 Å². The van der Waals surface area contributed by atoms with E-state index < -0.39 is 6.29 Å². The lowest BCUT2D eigenvalue weighted by molar-refractivity contribution is -0.221. The molecule has 2 bridgehead atoms. The van der Waals surface area contributed by atoms with Crippen molar-refractivity contribution in [3.63, 3.8) is 0 Å². The van der Waals surface area contributed by atoms with Crippen molar-refractivity contribution in [1.82, 2.24) is 0 Å². The second-order valence-electron chi connectivity index (χ2n) is 5.61. The van der Waals surface area contributed by atoms with Gasteiger partial charge in [0.1, 0.15) is 11.7 Å². The third-order valence-electron chi connectivity index (χ3n) is 4.28. The first kappa shape index (κ1) is 12.4. The number of hydrogen-bond donors (Lipinski definition) is 1. The molecule has 0 aromatic heterocycles. The van der Waals surface area contributed by atoms with Crippen LogP contribution in [-0.4, -0.2) is 41.9 Å². The van der Waals surface area contributed by atoms with Crippen LogP contribution in [0.5, 0.6) is 0 Å². The molecule has 0 aromatic rings. The lowest BCUT2D eigenvalue weighted by Gasteiger charge is -2.42. The summed E-state index contributed by atoms with van der Waals surface area (Å²) in [5.41, 5.74) is 3.70. The van der Waals surface area contributed by atoms with E-state index in [0.29, 0.717) is 6.61 Å². The molecule has 3 unspecified atom stereocenters. The Kier molecular flexibility index (Phi) is 3.08. The molecule has 3 saturated heterocycles. The zero-order valence-electron chi connectivity index (χ0n) is 10.7. The zero-order chi connectivity index (χ0) is 12.8. The van der Waals surface area contributed by atoms with Gasteiger partial charge in [-0.2, -0.15) is 0 Å². The van der Waals surface area contributed by atoms with Crippen molar-refractivity contribution in [3.8, 4) is 0 Å².